The summed E-state index contributed by atoms with van der Waals surface area (Å²) in [6.07, 6.45) is -6.63. The Morgan fingerprint density at radius 3 is 2.40 bits per heavy atom. The van der Waals surface area contributed by atoms with Crippen molar-refractivity contribution in [1.82, 2.24) is 5.32 Å². The minimum Gasteiger partial charge on any atom is -0.390 e. The van der Waals surface area contributed by atoms with Gasteiger partial charge in [-0.15, -0.1) is 0 Å². The Morgan fingerprint density at radius 1 is 1.03 bits per heavy atom. The Kier molecular flexibility index (Phi) is 10.8. The molecule has 2 rings (SSSR count). The maximum atomic E-state index is 11.8. The number of hydrogen-bond acceptors (Lipinski definition) is 11. The van der Waals surface area contributed by atoms with E-state index in [9.17, 15) is 20.1 Å². The minimum absolute atomic E-state index is 0.0811. The van der Waals surface area contributed by atoms with E-state index < -0.39 is 49.2 Å². The summed E-state index contributed by atoms with van der Waals surface area (Å²) in [5.74, 6) is -0.349. The number of rotatable bonds is 11. The van der Waals surface area contributed by atoms with Crippen LogP contribution in [-0.2, 0) is 33.2 Å². The lowest BCUT2D eigenvalue weighted by Gasteiger charge is -2.40. The maximum absolute atomic E-state index is 11.8. The largest absolute Gasteiger partial charge is 0.390 e. The molecule has 2 aliphatic rings. The van der Waals surface area contributed by atoms with E-state index >= 15 is 0 Å². The van der Waals surface area contributed by atoms with Gasteiger partial charge in [0.2, 0.25) is 5.91 Å². The summed E-state index contributed by atoms with van der Waals surface area (Å²) in [7, 11) is 2.91. The molecule has 4 unspecified atom stereocenters. The fraction of sp³-hybridized carbons (Fsp3) is 0.944. The van der Waals surface area contributed by atoms with E-state index in [2.05, 4.69) is 5.32 Å². The van der Waals surface area contributed by atoms with Gasteiger partial charge in [0.25, 0.3) is 0 Å². The molecule has 176 valence electrons. The number of aliphatic hydroxyl groups excluding tert-OH is 3. The highest BCUT2D eigenvalue weighted by molar-refractivity contribution is 5.77. The molecular formula is C18H34N2O10. The van der Waals surface area contributed by atoms with Gasteiger partial charge in [0, 0.05) is 40.2 Å². The van der Waals surface area contributed by atoms with Crippen LogP contribution in [0.1, 0.15) is 12.8 Å². The van der Waals surface area contributed by atoms with Crippen molar-refractivity contribution in [3.8, 4) is 0 Å². The molecular weight excluding hydrogens is 404 g/mol. The first-order valence-electron chi connectivity index (χ1n) is 9.96. The summed E-state index contributed by atoms with van der Waals surface area (Å²) in [6, 6.07) is 0. The molecule has 30 heavy (non-hydrogen) atoms. The quantitative estimate of drug-likeness (QED) is 0.224. The lowest BCUT2D eigenvalue weighted by atomic mass is 10.0. The summed E-state index contributed by atoms with van der Waals surface area (Å²) in [6.45, 7) is 0.398. The van der Waals surface area contributed by atoms with Gasteiger partial charge in [0.15, 0.2) is 12.6 Å². The summed E-state index contributed by atoms with van der Waals surface area (Å²) in [4.78, 5) is 11.8. The zero-order valence-corrected chi connectivity index (χ0v) is 17.3. The van der Waals surface area contributed by atoms with E-state index in [0.29, 0.717) is 13.1 Å². The fourth-order valence-electron chi connectivity index (χ4n) is 3.33. The van der Waals surface area contributed by atoms with E-state index in [0.717, 1.165) is 0 Å². The summed E-state index contributed by atoms with van der Waals surface area (Å²) in [5.41, 5.74) is 5.34. The topological polar surface area (TPSA) is 171 Å². The van der Waals surface area contributed by atoms with Crippen LogP contribution < -0.4 is 11.1 Å². The second kappa shape index (κ2) is 12.8. The van der Waals surface area contributed by atoms with Crippen molar-refractivity contribution in [2.45, 2.75) is 62.0 Å². The number of hydrogen-bond donors (Lipinski definition) is 5. The number of nitrogens with one attached hydrogen (secondary N) is 1. The number of carbonyl (C=O) groups is 1. The summed E-state index contributed by atoms with van der Waals surface area (Å²) >= 11 is 0. The molecule has 0 aromatic carbocycles. The molecule has 0 bridgehead atoms. The Labute approximate surface area is 175 Å². The van der Waals surface area contributed by atoms with Crippen LogP contribution in [0.5, 0.6) is 0 Å². The Morgan fingerprint density at radius 2 is 1.73 bits per heavy atom. The van der Waals surface area contributed by atoms with Crippen molar-refractivity contribution in [3.05, 3.63) is 0 Å². The van der Waals surface area contributed by atoms with E-state index in [1.807, 2.05) is 0 Å². The Balaban J connectivity index is 1.91. The van der Waals surface area contributed by atoms with Gasteiger partial charge in [-0.05, 0) is 0 Å². The number of ether oxygens (including phenoxy) is 6. The van der Waals surface area contributed by atoms with Crippen LogP contribution in [0.3, 0.4) is 0 Å². The average molecular weight is 438 g/mol. The second-order valence-corrected chi connectivity index (χ2v) is 7.24. The van der Waals surface area contributed by atoms with E-state index in [4.69, 9.17) is 34.2 Å². The molecule has 0 spiro atoms. The number of amides is 1. The maximum Gasteiger partial charge on any atom is 0.246 e. The number of aliphatic hydroxyl groups is 3. The van der Waals surface area contributed by atoms with E-state index in [1.165, 1.54) is 14.2 Å². The van der Waals surface area contributed by atoms with Gasteiger partial charge in [0.05, 0.1) is 25.4 Å². The molecule has 0 saturated carbocycles. The second-order valence-electron chi connectivity index (χ2n) is 7.24. The van der Waals surface area contributed by atoms with Crippen LogP contribution in [-0.4, -0.2) is 118 Å². The molecule has 12 nitrogen and oxygen atoms in total. The molecule has 2 fully saturated rings. The van der Waals surface area contributed by atoms with Gasteiger partial charge in [-0.1, -0.05) is 0 Å². The van der Waals surface area contributed by atoms with Gasteiger partial charge in [0.1, 0.15) is 31.0 Å². The highest BCUT2D eigenvalue weighted by Crippen LogP contribution is 2.26. The fourth-order valence-corrected chi connectivity index (χ4v) is 3.33. The zero-order valence-electron chi connectivity index (χ0n) is 17.3. The normalized spacial score (nSPS) is 37.1. The first-order chi connectivity index (χ1) is 14.4. The van der Waals surface area contributed by atoms with Crippen LogP contribution in [0.25, 0.3) is 0 Å². The van der Waals surface area contributed by atoms with Gasteiger partial charge in [-0.3, -0.25) is 4.79 Å². The van der Waals surface area contributed by atoms with Crippen LogP contribution in [0, 0.1) is 0 Å². The third-order valence-electron chi connectivity index (χ3n) is 4.98. The van der Waals surface area contributed by atoms with Crippen molar-refractivity contribution in [2.24, 2.45) is 5.73 Å². The van der Waals surface area contributed by atoms with Crippen LogP contribution in [0.2, 0.25) is 0 Å². The first-order valence-corrected chi connectivity index (χ1v) is 9.96. The van der Waals surface area contributed by atoms with Crippen LogP contribution >= 0.6 is 0 Å². The highest BCUT2D eigenvalue weighted by atomic mass is 16.7. The minimum atomic E-state index is -1.14. The zero-order chi connectivity index (χ0) is 22.1. The first kappa shape index (κ1) is 25.3. The third kappa shape index (κ3) is 7.34. The number of nitrogens with two attached hydrogens (primary N) is 1. The predicted molar refractivity (Wildman–Crippen MR) is 101 cm³/mol. The molecule has 2 heterocycles. The molecule has 0 radical (unpaired) electrons. The molecule has 8 atom stereocenters. The Hall–Kier alpha value is -0.930. The van der Waals surface area contributed by atoms with Crippen LogP contribution in [0.15, 0.2) is 0 Å². The molecule has 0 aromatic rings. The van der Waals surface area contributed by atoms with Crippen molar-refractivity contribution >= 4 is 5.91 Å². The molecule has 12 heteroatoms. The standard InChI is InChI=1S/C18H34N2O10/c1-25-7-12-18(24)11(27-9-14(22)20-4-3-19)6-16(30-12)28-8-13-17(23)10(21)5-15(26-2)29-13/h10-13,15-18,21,23-24H,3-9,19H2,1-2H3,(H,20,22)/t10?,11?,12?,13?,15-,16-,17-,18-/m0/s1. The summed E-state index contributed by atoms with van der Waals surface area (Å²) < 4.78 is 32.8. The number of carbonyl (C=O) groups excluding carboxylic acids is 1. The smallest absolute Gasteiger partial charge is 0.246 e. The van der Waals surface area contributed by atoms with Crippen molar-refractivity contribution in [2.75, 3.05) is 47.1 Å². The van der Waals surface area contributed by atoms with Crippen molar-refractivity contribution in [3.63, 3.8) is 0 Å². The van der Waals surface area contributed by atoms with Crippen LogP contribution in [0.4, 0.5) is 0 Å². The molecule has 0 aliphatic carbocycles. The van der Waals surface area contributed by atoms with Crippen molar-refractivity contribution in [1.29, 1.82) is 0 Å². The van der Waals surface area contributed by atoms with E-state index in [1.54, 1.807) is 0 Å². The van der Waals surface area contributed by atoms with Gasteiger partial charge < -0.3 is 54.8 Å². The lowest BCUT2D eigenvalue weighted by molar-refractivity contribution is -0.292. The molecule has 2 aliphatic heterocycles. The lowest BCUT2D eigenvalue weighted by Crippen LogP contribution is -2.54. The van der Waals surface area contributed by atoms with Gasteiger partial charge in [-0.25, -0.2) is 0 Å². The SMILES string of the molecule is COCC1O[C@H](OCC2O[C@H](OC)CC(O)[C@@H]2O)CC(OCC(=O)NCCN)[C@@H]1O. The molecule has 0 aromatic heterocycles. The Bertz CT molecular complexity index is 513. The monoisotopic (exact) mass is 438 g/mol. The molecule has 1 amide bonds. The van der Waals surface area contributed by atoms with Gasteiger partial charge in [-0.2, -0.15) is 0 Å². The molecule has 6 N–H and O–H groups in total. The van der Waals surface area contributed by atoms with Gasteiger partial charge >= 0.3 is 0 Å². The summed E-state index contributed by atoms with van der Waals surface area (Å²) in [5, 5.41) is 33.1. The highest BCUT2D eigenvalue weighted by Gasteiger charge is 2.41. The third-order valence-corrected chi connectivity index (χ3v) is 4.98. The average Bonchev–Trinajstić information content (AvgIpc) is 2.74. The van der Waals surface area contributed by atoms with Crippen molar-refractivity contribution < 1.29 is 48.5 Å². The predicted octanol–water partition coefficient (Wildman–Crippen LogP) is -2.93. The van der Waals surface area contributed by atoms with E-state index in [-0.39, 0.29) is 38.6 Å². The number of methoxy groups -OCH3 is 2. The molecule has 2 saturated heterocycles.